The van der Waals surface area contributed by atoms with Crippen molar-refractivity contribution in [3.63, 3.8) is 0 Å². The number of carbonyl (C=O) groups excluding carboxylic acids is 1. The monoisotopic (exact) mass is 361 g/mol. The Kier molecular flexibility index (Phi) is 6.01. The summed E-state index contributed by atoms with van der Waals surface area (Å²) in [6.45, 7) is 0.441. The lowest BCUT2D eigenvalue weighted by molar-refractivity contribution is -0.160. The van der Waals surface area contributed by atoms with Crippen LogP contribution < -0.4 is 5.32 Å². The van der Waals surface area contributed by atoms with Gasteiger partial charge in [-0.1, -0.05) is 23.9 Å². The van der Waals surface area contributed by atoms with Gasteiger partial charge in [-0.25, -0.2) is 4.79 Å². The first-order valence-corrected chi connectivity index (χ1v) is 7.79. The van der Waals surface area contributed by atoms with Crippen molar-refractivity contribution in [3.05, 3.63) is 29.8 Å². The molecule has 11 heteroatoms. The summed E-state index contributed by atoms with van der Waals surface area (Å²) >= 11 is 1.25. The third-order valence-corrected chi connectivity index (χ3v) is 3.58. The summed E-state index contributed by atoms with van der Waals surface area (Å²) in [5.74, 6) is 0.368. The maximum atomic E-state index is 11.9. The average molecular weight is 361 g/mol. The summed E-state index contributed by atoms with van der Waals surface area (Å²) in [6, 6.07) is 7.57. The molecule has 7 nitrogen and oxygen atoms in total. The molecule has 0 aliphatic rings. The summed E-state index contributed by atoms with van der Waals surface area (Å²) in [5.41, 5.74) is 1.84. The fourth-order valence-corrected chi connectivity index (χ4v) is 2.43. The largest absolute Gasteiger partial charge is 0.440 e. The zero-order chi connectivity index (χ0) is 17.6. The quantitative estimate of drug-likeness (QED) is 0.628. The molecule has 0 aliphatic carbocycles. The highest BCUT2D eigenvalue weighted by atomic mass is 32.2. The van der Waals surface area contributed by atoms with Gasteiger partial charge in [0.2, 0.25) is 5.16 Å². The Morgan fingerprint density at radius 3 is 2.92 bits per heavy atom. The van der Waals surface area contributed by atoms with E-state index in [1.807, 2.05) is 31.2 Å². The molecular formula is C13H14F3N5O2S. The first-order valence-electron chi connectivity index (χ1n) is 6.81. The van der Waals surface area contributed by atoms with Gasteiger partial charge in [-0.15, -0.1) is 5.10 Å². The van der Waals surface area contributed by atoms with Crippen molar-refractivity contribution in [2.24, 2.45) is 0 Å². The molecule has 0 spiro atoms. The molecule has 0 aliphatic heterocycles. The van der Waals surface area contributed by atoms with E-state index in [0.29, 0.717) is 10.9 Å². The number of alkyl carbamates (subject to hydrolysis) is 1. The van der Waals surface area contributed by atoms with E-state index in [1.165, 1.54) is 11.8 Å². The maximum Gasteiger partial charge on any atom is 0.422 e. The van der Waals surface area contributed by atoms with Gasteiger partial charge < -0.3 is 10.1 Å². The Labute approximate surface area is 139 Å². The lowest BCUT2D eigenvalue weighted by Gasteiger charge is -2.09. The second kappa shape index (κ2) is 7.99. The van der Waals surface area contributed by atoms with Gasteiger partial charge in [0.15, 0.2) is 6.61 Å². The lowest BCUT2D eigenvalue weighted by Crippen LogP contribution is -2.30. The van der Waals surface area contributed by atoms with E-state index in [-0.39, 0.29) is 6.54 Å². The first kappa shape index (κ1) is 18.0. The molecule has 0 saturated heterocycles. The molecule has 1 aromatic heterocycles. The van der Waals surface area contributed by atoms with E-state index in [9.17, 15) is 18.0 Å². The van der Waals surface area contributed by atoms with Crippen molar-refractivity contribution in [2.75, 3.05) is 18.9 Å². The molecule has 130 valence electrons. The van der Waals surface area contributed by atoms with Crippen LogP contribution in [0.2, 0.25) is 0 Å². The van der Waals surface area contributed by atoms with Gasteiger partial charge >= 0.3 is 12.3 Å². The van der Waals surface area contributed by atoms with Crippen LogP contribution in [0.15, 0.2) is 29.4 Å². The van der Waals surface area contributed by atoms with E-state index in [0.717, 1.165) is 11.3 Å². The number of hydrogen-bond donors (Lipinski definition) is 1. The molecule has 1 aromatic carbocycles. The third-order valence-electron chi connectivity index (χ3n) is 2.66. The van der Waals surface area contributed by atoms with Crippen molar-refractivity contribution >= 4 is 17.9 Å². The van der Waals surface area contributed by atoms with Crippen LogP contribution in [0.25, 0.3) is 5.69 Å². The number of nitrogens with zero attached hydrogens (tertiary/aromatic N) is 4. The summed E-state index contributed by atoms with van der Waals surface area (Å²) in [5, 5.41) is 14.1. The topological polar surface area (TPSA) is 81.9 Å². The molecule has 1 N–H and O–H groups in total. The maximum absolute atomic E-state index is 11.9. The Balaban J connectivity index is 1.80. The van der Waals surface area contributed by atoms with Crippen LogP contribution in [-0.2, 0) is 4.74 Å². The van der Waals surface area contributed by atoms with Crippen molar-refractivity contribution in [1.82, 2.24) is 25.5 Å². The zero-order valence-corrected chi connectivity index (χ0v) is 13.4. The Bertz CT molecular complexity index is 692. The molecule has 2 rings (SSSR count). The lowest BCUT2D eigenvalue weighted by atomic mass is 10.2. The highest BCUT2D eigenvalue weighted by molar-refractivity contribution is 7.99. The van der Waals surface area contributed by atoms with Crippen LogP contribution in [0.1, 0.15) is 5.56 Å². The Hall–Kier alpha value is -2.30. The number of aryl methyl sites for hydroxylation is 1. The van der Waals surface area contributed by atoms with Crippen molar-refractivity contribution in [3.8, 4) is 5.69 Å². The smallest absolute Gasteiger partial charge is 0.422 e. The number of hydrogen-bond acceptors (Lipinski definition) is 6. The number of amides is 1. The molecule has 0 bridgehead atoms. The van der Waals surface area contributed by atoms with Crippen LogP contribution in [-0.4, -0.2) is 51.4 Å². The molecular weight excluding hydrogens is 347 g/mol. The summed E-state index contributed by atoms with van der Waals surface area (Å²) in [6.07, 6.45) is -5.66. The Morgan fingerprint density at radius 2 is 2.21 bits per heavy atom. The van der Waals surface area contributed by atoms with E-state index in [1.54, 1.807) is 4.68 Å². The minimum Gasteiger partial charge on any atom is -0.440 e. The van der Waals surface area contributed by atoms with Crippen LogP contribution in [0.4, 0.5) is 18.0 Å². The molecule has 0 radical (unpaired) electrons. The molecule has 1 heterocycles. The fraction of sp³-hybridized carbons (Fsp3) is 0.385. The number of aromatic nitrogens is 4. The second-order valence-corrected chi connectivity index (χ2v) is 5.74. The van der Waals surface area contributed by atoms with Gasteiger partial charge in [-0.05, 0) is 35.0 Å². The van der Waals surface area contributed by atoms with Gasteiger partial charge in [0.05, 0.1) is 5.69 Å². The molecule has 0 unspecified atom stereocenters. The number of tetrazole rings is 1. The fourth-order valence-electron chi connectivity index (χ4n) is 1.68. The van der Waals surface area contributed by atoms with Gasteiger partial charge in [0.25, 0.3) is 0 Å². The van der Waals surface area contributed by atoms with E-state index in [4.69, 9.17) is 0 Å². The summed E-state index contributed by atoms with van der Waals surface area (Å²) in [7, 11) is 0. The van der Waals surface area contributed by atoms with Gasteiger partial charge in [0, 0.05) is 12.3 Å². The highest BCUT2D eigenvalue weighted by Gasteiger charge is 2.29. The standard InChI is InChI=1S/C13H14F3N5O2S/c1-9-3-2-4-10(7-9)21-11(18-19-20-21)24-6-5-17-12(22)23-8-13(14,15)16/h2-4,7H,5-6,8H2,1H3,(H,17,22). The van der Waals surface area contributed by atoms with E-state index in [2.05, 4.69) is 25.6 Å². The minimum absolute atomic E-state index is 0.113. The number of rotatable bonds is 6. The third kappa shape index (κ3) is 5.72. The average Bonchev–Trinajstić information content (AvgIpc) is 2.97. The molecule has 0 atom stereocenters. The van der Waals surface area contributed by atoms with Crippen LogP contribution >= 0.6 is 11.8 Å². The van der Waals surface area contributed by atoms with Crippen LogP contribution in [0.5, 0.6) is 0 Å². The number of thioether (sulfide) groups is 1. The van der Waals surface area contributed by atoms with Crippen molar-refractivity contribution in [2.45, 2.75) is 18.3 Å². The zero-order valence-electron chi connectivity index (χ0n) is 12.6. The Morgan fingerprint density at radius 1 is 1.42 bits per heavy atom. The van der Waals surface area contributed by atoms with Crippen molar-refractivity contribution in [1.29, 1.82) is 0 Å². The van der Waals surface area contributed by atoms with Gasteiger partial charge in [-0.3, -0.25) is 0 Å². The SMILES string of the molecule is Cc1cccc(-n2nnnc2SCCNC(=O)OCC(F)(F)F)c1. The van der Waals surface area contributed by atoms with Gasteiger partial charge in [-0.2, -0.15) is 17.9 Å². The van der Waals surface area contributed by atoms with E-state index < -0.39 is 18.9 Å². The summed E-state index contributed by atoms with van der Waals surface area (Å²) in [4.78, 5) is 11.1. The molecule has 2 aromatic rings. The number of alkyl halides is 3. The number of ether oxygens (including phenoxy) is 1. The predicted octanol–water partition coefficient (Wildman–Crippen LogP) is 2.35. The normalized spacial score (nSPS) is 11.3. The second-order valence-electron chi connectivity index (χ2n) is 4.68. The minimum atomic E-state index is -4.54. The van der Waals surface area contributed by atoms with Crippen LogP contribution in [0, 0.1) is 6.92 Å². The number of halogens is 3. The number of nitrogens with one attached hydrogen (secondary N) is 1. The van der Waals surface area contributed by atoms with Crippen molar-refractivity contribution < 1.29 is 22.7 Å². The number of benzene rings is 1. The van der Waals surface area contributed by atoms with E-state index >= 15 is 0 Å². The molecule has 1 amide bonds. The highest BCUT2D eigenvalue weighted by Crippen LogP contribution is 2.18. The predicted molar refractivity (Wildman–Crippen MR) is 80.0 cm³/mol. The van der Waals surface area contributed by atoms with Crippen LogP contribution in [0.3, 0.4) is 0 Å². The first-order chi connectivity index (χ1) is 11.3. The van der Waals surface area contributed by atoms with Gasteiger partial charge in [0.1, 0.15) is 0 Å². The number of carbonyl (C=O) groups is 1. The summed E-state index contributed by atoms with van der Waals surface area (Å²) < 4.78 is 41.2. The molecule has 24 heavy (non-hydrogen) atoms. The molecule has 0 saturated carbocycles. The molecule has 0 fully saturated rings.